The van der Waals surface area contributed by atoms with Crippen molar-refractivity contribution in [3.05, 3.63) is 86.8 Å². The van der Waals surface area contributed by atoms with E-state index in [1.165, 1.54) is 11.0 Å². The second-order valence-corrected chi connectivity index (χ2v) is 9.74. The van der Waals surface area contributed by atoms with Crippen LogP contribution in [0, 0.1) is 12.8 Å². The number of carbonyl (C=O) groups is 4. The summed E-state index contributed by atoms with van der Waals surface area (Å²) in [6.45, 7) is 1.94. The number of rotatable bonds is 4. The van der Waals surface area contributed by atoms with Crippen molar-refractivity contribution in [2.75, 3.05) is 16.3 Å². The van der Waals surface area contributed by atoms with E-state index < -0.39 is 23.7 Å². The number of benzene rings is 3. The highest BCUT2D eigenvalue weighted by Crippen LogP contribution is 2.34. The van der Waals surface area contributed by atoms with Crippen molar-refractivity contribution < 1.29 is 23.9 Å². The third kappa shape index (κ3) is 4.24. The molecule has 1 fully saturated rings. The Morgan fingerprint density at radius 1 is 0.971 bits per heavy atom. The summed E-state index contributed by atoms with van der Waals surface area (Å²) < 4.78 is 6.25. The van der Waals surface area contributed by atoms with Crippen LogP contribution in [0.2, 0.25) is 5.02 Å². The minimum absolute atomic E-state index is 0.0448. The van der Waals surface area contributed by atoms with Crippen molar-refractivity contribution in [1.82, 2.24) is 0 Å². The first-order valence-corrected chi connectivity index (χ1v) is 12.0. The molecule has 1 saturated heterocycles. The Kier molecular flexibility index (Phi) is 5.94. The van der Waals surface area contributed by atoms with E-state index in [1.807, 2.05) is 0 Å². The van der Waals surface area contributed by atoms with Gasteiger partial charge >= 0.3 is 5.97 Å². The summed E-state index contributed by atoms with van der Waals surface area (Å²) in [6.07, 6.45) is 0.0448. The van der Waals surface area contributed by atoms with Gasteiger partial charge in [-0.15, -0.1) is 0 Å². The Hall–Kier alpha value is -3.49. The molecule has 0 aromatic heterocycles. The Morgan fingerprint density at radius 2 is 1.69 bits per heavy atom. The third-order valence-corrected chi connectivity index (χ3v) is 6.82. The number of halogens is 2. The number of fused-ring (bicyclic) bond motifs is 1. The number of hydrogen-bond acceptors (Lipinski definition) is 5. The van der Waals surface area contributed by atoms with Crippen LogP contribution >= 0.6 is 27.5 Å². The fraction of sp³-hybridized carbons (Fsp3) is 0.154. The Morgan fingerprint density at radius 3 is 2.40 bits per heavy atom. The van der Waals surface area contributed by atoms with Gasteiger partial charge in [-0.2, -0.15) is 0 Å². The first-order chi connectivity index (χ1) is 16.7. The van der Waals surface area contributed by atoms with Crippen LogP contribution in [-0.4, -0.2) is 30.2 Å². The van der Waals surface area contributed by atoms with E-state index >= 15 is 0 Å². The standard InChI is InChI=1S/C26H18BrClN2O5/c1-14-10-19(7-9-22(14)30-24(32)20-8-2-16(27)12-21(20)25(30)33)35-26(34)15-11-23(31)29(13-15)18-5-3-17(28)4-6-18/h2-10,12,15H,11,13H2,1H3/t15-/m1/s1. The average Bonchev–Trinajstić information content (AvgIpc) is 3.32. The molecule has 5 rings (SSSR count). The van der Waals surface area contributed by atoms with Gasteiger partial charge < -0.3 is 9.64 Å². The second kappa shape index (κ2) is 8.94. The zero-order chi connectivity index (χ0) is 24.9. The lowest BCUT2D eigenvalue weighted by Gasteiger charge is -2.18. The number of carbonyl (C=O) groups excluding carboxylic acids is 4. The normalized spacial score (nSPS) is 17.2. The fourth-order valence-corrected chi connectivity index (χ4v) is 4.80. The number of aryl methyl sites for hydroxylation is 1. The number of esters is 1. The molecule has 0 unspecified atom stereocenters. The minimum atomic E-state index is -0.618. The summed E-state index contributed by atoms with van der Waals surface area (Å²) in [4.78, 5) is 53.7. The molecule has 2 aliphatic rings. The van der Waals surface area contributed by atoms with Crippen molar-refractivity contribution >= 4 is 62.6 Å². The number of nitrogens with zero attached hydrogens (tertiary/aromatic N) is 2. The van der Waals surface area contributed by atoms with Gasteiger partial charge in [-0.1, -0.05) is 27.5 Å². The van der Waals surface area contributed by atoms with E-state index in [1.54, 1.807) is 61.5 Å². The lowest BCUT2D eigenvalue weighted by Crippen LogP contribution is -2.30. The smallest absolute Gasteiger partial charge is 0.316 e. The second-order valence-electron chi connectivity index (χ2n) is 8.39. The fourth-order valence-electron chi connectivity index (χ4n) is 4.31. The summed E-state index contributed by atoms with van der Waals surface area (Å²) >= 11 is 9.24. The first-order valence-electron chi connectivity index (χ1n) is 10.8. The molecule has 0 N–H and O–H groups in total. The molecule has 3 aromatic carbocycles. The Bertz CT molecular complexity index is 1410. The molecule has 2 aliphatic heterocycles. The van der Waals surface area contributed by atoms with E-state index in [2.05, 4.69) is 15.9 Å². The summed E-state index contributed by atoms with van der Waals surface area (Å²) in [5.41, 5.74) is 2.34. The van der Waals surface area contributed by atoms with Crippen molar-refractivity contribution in [3.8, 4) is 5.75 Å². The highest BCUT2D eigenvalue weighted by Gasteiger charge is 2.38. The van der Waals surface area contributed by atoms with Gasteiger partial charge in [0.05, 0.1) is 22.7 Å². The molecule has 0 saturated carbocycles. The number of imide groups is 1. The number of anilines is 2. The molecular formula is C26H18BrClN2O5. The summed E-state index contributed by atoms with van der Waals surface area (Å²) in [5.74, 6) is -1.85. The van der Waals surface area contributed by atoms with Crippen LogP contribution in [0.3, 0.4) is 0 Å². The van der Waals surface area contributed by atoms with Crippen LogP contribution < -0.4 is 14.5 Å². The minimum Gasteiger partial charge on any atom is -0.426 e. The highest BCUT2D eigenvalue weighted by molar-refractivity contribution is 9.10. The molecule has 3 aromatic rings. The van der Waals surface area contributed by atoms with Gasteiger partial charge in [-0.25, -0.2) is 4.90 Å². The van der Waals surface area contributed by atoms with Crippen LogP contribution in [0.15, 0.2) is 65.1 Å². The van der Waals surface area contributed by atoms with Crippen molar-refractivity contribution in [3.63, 3.8) is 0 Å². The van der Waals surface area contributed by atoms with Crippen LogP contribution in [-0.2, 0) is 9.59 Å². The Balaban J connectivity index is 1.30. The van der Waals surface area contributed by atoms with E-state index in [9.17, 15) is 19.2 Å². The number of amides is 3. The molecule has 0 spiro atoms. The quantitative estimate of drug-likeness (QED) is 0.253. The lowest BCUT2D eigenvalue weighted by atomic mass is 10.1. The van der Waals surface area contributed by atoms with Crippen LogP contribution in [0.4, 0.5) is 11.4 Å². The summed E-state index contributed by atoms with van der Waals surface area (Å²) in [6, 6.07) is 16.5. The topological polar surface area (TPSA) is 84.0 Å². The molecule has 2 heterocycles. The molecule has 35 heavy (non-hydrogen) atoms. The maximum absolute atomic E-state index is 12.9. The van der Waals surface area contributed by atoms with Gasteiger partial charge in [-0.3, -0.25) is 19.2 Å². The van der Waals surface area contributed by atoms with Gasteiger partial charge in [0.15, 0.2) is 0 Å². The molecule has 3 amide bonds. The summed E-state index contributed by atoms with van der Waals surface area (Å²) in [7, 11) is 0. The summed E-state index contributed by atoms with van der Waals surface area (Å²) in [5, 5.41) is 0.559. The zero-order valence-electron chi connectivity index (χ0n) is 18.5. The van der Waals surface area contributed by atoms with Crippen molar-refractivity contribution in [2.45, 2.75) is 13.3 Å². The molecule has 1 atom stereocenters. The predicted molar refractivity (Wildman–Crippen MR) is 134 cm³/mol. The van der Waals surface area contributed by atoms with E-state index in [-0.39, 0.29) is 24.6 Å². The van der Waals surface area contributed by atoms with Crippen molar-refractivity contribution in [1.29, 1.82) is 0 Å². The predicted octanol–water partition coefficient (Wildman–Crippen LogP) is 5.17. The van der Waals surface area contributed by atoms with Gasteiger partial charge in [0.2, 0.25) is 5.91 Å². The van der Waals surface area contributed by atoms with Gasteiger partial charge in [-0.05, 0) is 73.2 Å². The van der Waals surface area contributed by atoms with Crippen molar-refractivity contribution in [2.24, 2.45) is 5.92 Å². The van der Waals surface area contributed by atoms with Gasteiger partial charge in [0, 0.05) is 28.1 Å². The van der Waals surface area contributed by atoms with Crippen LogP contribution in [0.25, 0.3) is 0 Å². The average molecular weight is 554 g/mol. The third-order valence-electron chi connectivity index (χ3n) is 6.07. The monoisotopic (exact) mass is 552 g/mol. The molecule has 0 aliphatic carbocycles. The zero-order valence-corrected chi connectivity index (χ0v) is 20.8. The van der Waals surface area contributed by atoms with E-state index in [0.717, 1.165) is 4.90 Å². The molecule has 0 bridgehead atoms. The van der Waals surface area contributed by atoms with E-state index in [4.69, 9.17) is 16.3 Å². The molecule has 7 nitrogen and oxygen atoms in total. The molecule has 9 heteroatoms. The SMILES string of the molecule is Cc1cc(OC(=O)[C@@H]2CC(=O)N(c3ccc(Cl)cc3)C2)ccc1N1C(=O)c2ccc(Br)cc2C1=O. The number of ether oxygens (including phenoxy) is 1. The first kappa shape index (κ1) is 23.3. The van der Waals surface area contributed by atoms with Crippen LogP contribution in [0.5, 0.6) is 5.75 Å². The van der Waals surface area contributed by atoms with E-state index in [0.29, 0.717) is 37.6 Å². The maximum Gasteiger partial charge on any atom is 0.316 e. The lowest BCUT2D eigenvalue weighted by molar-refractivity contribution is -0.139. The molecule has 0 radical (unpaired) electrons. The molecule has 176 valence electrons. The largest absolute Gasteiger partial charge is 0.426 e. The highest BCUT2D eigenvalue weighted by atomic mass is 79.9. The van der Waals surface area contributed by atoms with Crippen LogP contribution in [0.1, 0.15) is 32.7 Å². The van der Waals surface area contributed by atoms with Gasteiger partial charge in [0.1, 0.15) is 5.75 Å². The van der Waals surface area contributed by atoms with Gasteiger partial charge in [0.25, 0.3) is 11.8 Å². The number of hydrogen-bond donors (Lipinski definition) is 0. The maximum atomic E-state index is 12.9. The Labute approximate surface area is 214 Å². The molecular weight excluding hydrogens is 536 g/mol.